The number of hydrogen-bond donors (Lipinski definition) is 1. The van der Waals surface area contributed by atoms with Gasteiger partial charge in [0.2, 0.25) is 0 Å². The lowest BCUT2D eigenvalue weighted by Crippen LogP contribution is -2.34. The summed E-state index contributed by atoms with van der Waals surface area (Å²) in [5.74, 6) is 1.41. The van der Waals surface area contributed by atoms with E-state index in [4.69, 9.17) is 11.6 Å². The predicted octanol–water partition coefficient (Wildman–Crippen LogP) is 3.69. The molecule has 1 N–H and O–H groups in total. The van der Waals surface area contributed by atoms with Gasteiger partial charge >= 0.3 is 0 Å². The SMILES string of the molecule is CC1CCC(Nc2c(Cl)cnn(CC3CCC3)c2=O)CC1. The molecule has 3 rings (SSSR count). The molecule has 0 saturated heterocycles. The lowest BCUT2D eigenvalue weighted by Gasteiger charge is -2.28. The van der Waals surface area contributed by atoms with Crippen LogP contribution in [0.25, 0.3) is 0 Å². The molecule has 1 aromatic rings. The van der Waals surface area contributed by atoms with Crippen LogP contribution in [0, 0.1) is 11.8 Å². The van der Waals surface area contributed by atoms with Crippen molar-refractivity contribution in [3.05, 3.63) is 21.6 Å². The van der Waals surface area contributed by atoms with Gasteiger partial charge in [-0.3, -0.25) is 4.79 Å². The van der Waals surface area contributed by atoms with E-state index in [0.717, 1.165) is 25.3 Å². The molecular weight excluding hydrogens is 286 g/mol. The molecule has 5 heteroatoms. The van der Waals surface area contributed by atoms with Crippen LogP contribution in [-0.2, 0) is 6.54 Å². The van der Waals surface area contributed by atoms with Crippen LogP contribution < -0.4 is 10.9 Å². The van der Waals surface area contributed by atoms with Gasteiger partial charge in [0.25, 0.3) is 5.56 Å². The highest BCUT2D eigenvalue weighted by atomic mass is 35.5. The first-order valence-electron chi connectivity index (χ1n) is 8.15. The van der Waals surface area contributed by atoms with E-state index in [1.807, 2.05) is 0 Å². The maximum Gasteiger partial charge on any atom is 0.291 e. The van der Waals surface area contributed by atoms with Gasteiger partial charge in [-0.1, -0.05) is 24.9 Å². The molecule has 1 aromatic heterocycles. The minimum absolute atomic E-state index is 0.0620. The van der Waals surface area contributed by atoms with Gasteiger partial charge in [0.1, 0.15) is 5.69 Å². The molecule has 0 aliphatic heterocycles. The number of hydrogen-bond acceptors (Lipinski definition) is 3. The molecule has 1 heterocycles. The van der Waals surface area contributed by atoms with Crippen molar-refractivity contribution < 1.29 is 0 Å². The lowest BCUT2D eigenvalue weighted by molar-refractivity contribution is 0.262. The van der Waals surface area contributed by atoms with Crippen molar-refractivity contribution in [1.29, 1.82) is 0 Å². The number of nitrogens with one attached hydrogen (secondary N) is 1. The standard InChI is InChI=1S/C16H24ClN3O/c1-11-5-7-13(8-6-11)19-15-14(17)9-18-20(16(15)21)10-12-3-2-4-12/h9,11-13,19H,2-8,10H2,1H3. The zero-order valence-electron chi connectivity index (χ0n) is 12.6. The van der Waals surface area contributed by atoms with Gasteiger partial charge in [-0.15, -0.1) is 0 Å². The Kier molecular flexibility index (Phi) is 4.53. The summed E-state index contributed by atoms with van der Waals surface area (Å²) in [4.78, 5) is 12.6. The Bertz CT molecular complexity index is 545. The highest BCUT2D eigenvalue weighted by Gasteiger charge is 2.23. The van der Waals surface area contributed by atoms with E-state index in [-0.39, 0.29) is 5.56 Å². The van der Waals surface area contributed by atoms with Crippen molar-refractivity contribution in [2.24, 2.45) is 11.8 Å². The van der Waals surface area contributed by atoms with Crippen molar-refractivity contribution in [3.8, 4) is 0 Å². The van der Waals surface area contributed by atoms with Crippen LogP contribution in [0.3, 0.4) is 0 Å². The molecule has 0 spiro atoms. The van der Waals surface area contributed by atoms with E-state index in [1.165, 1.54) is 32.1 Å². The highest BCUT2D eigenvalue weighted by Crippen LogP contribution is 2.29. The molecule has 4 nitrogen and oxygen atoms in total. The van der Waals surface area contributed by atoms with Crippen molar-refractivity contribution in [1.82, 2.24) is 9.78 Å². The molecule has 2 aliphatic carbocycles. The fraction of sp³-hybridized carbons (Fsp3) is 0.750. The Morgan fingerprint density at radius 1 is 1.29 bits per heavy atom. The van der Waals surface area contributed by atoms with Crippen molar-refractivity contribution in [3.63, 3.8) is 0 Å². The van der Waals surface area contributed by atoms with Crippen LogP contribution in [0.4, 0.5) is 5.69 Å². The van der Waals surface area contributed by atoms with E-state index in [2.05, 4.69) is 17.3 Å². The number of rotatable bonds is 4. The second-order valence-corrected chi connectivity index (χ2v) is 7.16. The summed E-state index contributed by atoms with van der Waals surface area (Å²) < 4.78 is 1.59. The summed E-state index contributed by atoms with van der Waals surface area (Å²) in [5.41, 5.74) is 0.485. The third kappa shape index (κ3) is 3.42. The van der Waals surface area contributed by atoms with Crippen LogP contribution >= 0.6 is 11.6 Å². The van der Waals surface area contributed by atoms with Gasteiger partial charge in [-0.25, -0.2) is 4.68 Å². The minimum Gasteiger partial charge on any atom is -0.377 e. The van der Waals surface area contributed by atoms with E-state index < -0.39 is 0 Å². The summed E-state index contributed by atoms with van der Waals surface area (Å²) in [6.45, 7) is 3.02. The molecule has 116 valence electrons. The smallest absolute Gasteiger partial charge is 0.291 e. The molecule has 0 radical (unpaired) electrons. The molecule has 0 bridgehead atoms. The Morgan fingerprint density at radius 2 is 2.00 bits per heavy atom. The Hall–Kier alpha value is -1.03. The minimum atomic E-state index is -0.0620. The third-order valence-corrected chi connectivity index (χ3v) is 5.30. The molecule has 2 fully saturated rings. The van der Waals surface area contributed by atoms with Crippen LogP contribution in [-0.4, -0.2) is 15.8 Å². The highest BCUT2D eigenvalue weighted by molar-refractivity contribution is 6.33. The third-order valence-electron chi connectivity index (χ3n) is 5.02. The first-order valence-corrected chi connectivity index (χ1v) is 8.53. The van der Waals surface area contributed by atoms with Crippen LogP contribution in [0.5, 0.6) is 0 Å². The maximum atomic E-state index is 12.6. The molecule has 0 amide bonds. The predicted molar refractivity (Wildman–Crippen MR) is 85.9 cm³/mol. The lowest BCUT2D eigenvalue weighted by atomic mass is 9.85. The molecule has 2 aliphatic rings. The number of nitrogens with zero attached hydrogens (tertiary/aromatic N) is 2. The van der Waals surface area contributed by atoms with Gasteiger partial charge in [0.15, 0.2) is 0 Å². The second kappa shape index (κ2) is 6.39. The Labute approximate surface area is 130 Å². The molecule has 21 heavy (non-hydrogen) atoms. The first-order chi connectivity index (χ1) is 10.1. The van der Waals surface area contributed by atoms with Crippen molar-refractivity contribution >= 4 is 17.3 Å². The van der Waals surface area contributed by atoms with E-state index in [9.17, 15) is 4.79 Å². The summed E-state index contributed by atoms with van der Waals surface area (Å²) in [7, 11) is 0. The average Bonchev–Trinajstić information content (AvgIpc) is 2.43. The largest absolute Gasteiger partial charge is 0.377 e. The Morgan fingerprint density at radius 3 is 2.62 bits per heavy atom. The van der Waals surface area contributed by atoms with Crippen molar-refractivity contribution in [2.75, 3.05) is 5.32 Å². The first kappa shape index (κ1) is 14.9. The monoisotopic (exact) mass is 309 g/mol. The van der Waals surface area contributed by atoms with Gasteiger partial charge in [-0.2, -0.15) is 5.10 Å². The zero-order chi connectivity index (χ0) is 14.8. The summed E-state index contributed by atoms with van der Waals surface area (Å²) in [5, 5.41) is 8.03. The van der Waals surface area contributed by atoms with E-state index in [1.54, 1.807) is 10.9 Å². The molecule has 0 unspecified atom stereocenters. The second-order valence-electron chi connectivity index (χ2n) is 6.75. The van der Waals surface area contributed by atoms with Crippen molar-refractivity contribution in [2.45, 2.75) is 64.5 Å². The van der Waals surface area contributed by atoms with Gasteiger partial charge in [-0.05, 0) is 50.4 Å². The number of anilines is 1. The maximum absolute atomic E-state index is 12.6. The number of halogens is 1. The van der Waals surface area contributed by atoms with Crippen LogP contribution in [0.2, 0.25) is 5.02 Å². The normalized spacial score (nSPS) is 26.4. The fourth-order valence-corrected chi connectivity index (χ4v) is 3.44. The van der Waals surface area contributed by atoms with E-state index in [0.29, 0.717) is 22.7 Å². The summed E-state index contributed by atoms with van der Waals surface area (Å²) >= 11 is 6.20. The Balaban J connectivity index is 1.73. The fourth-order valence-electron chi connectivity index (χ4n) is 3.26. The molecular formula is C16H24ClN3O. The molecule has 0 atom stereocenters. The summed E-state index contributed by atoms with van der Waals surface area (Å²) in [6, 6.07) is 0.367. The topological polar surface area (TPSA) is 46.9 Å². The summed E-state index contributed by atoms with van der Waals surface area (Å²) in [6.07, 6.45) is 9.96. The van der Waals surface area contributed by atoms with E-state index >= 15 is 0 Å². The molecule has 2 saturated carbocycles. The van der Waals surface area contributed by atoms with Gasteiger partial charge < -0.3 is 5.32 Å². The number of aromatic nitrogens is 2. The van der Waals surface area contributed by atoms with Crippen LogP contribution in [0.15, 0.2) is 11.0 Å². The van der Waals surface area contributed by atoms with Crippen LogP contribution in [0.1, 0.15) is 51.9 Å². The zero-order valence-corrected chi connectivity index (χ0v) is 13.4. The van der Waals surface area contributed by atoms with Gasteiger partial charge in [0.05, 0.1) is 11.2 Å². The quantitative estimate of drug-likeness (QED) is 0.922. The van der Waals surface area contributed by atoms with Gasteiger partial charge in [0, 0.05) is 12.6 Å². The molecule has 0 aromatic carbocycles. The average molecular weight is 310 g/mol.